The summed E-state index contributed by atoms with van der Waals surface area (Å²) in [6.45, 7) is 4.54. The quantitative estimate of drug-likeness (QED) is 0.585. The molecule has 4 rings (SSSR count). The number of ether oxygens (including phenoxy) is 2. The van der Waals surface area contributed by atoms with Crippen molar-refractivity contribution in [3.63, 3.8) is 0 Å². The van der Waals surface area contributed by atoms with Crippen LogP contribution in [0.15, 0.2) is 34.5 Å². The summed E-state index contributed by atoms with van der Waals surface area (Å²) in [4.78, 5) is 27.2. The van der Waals surface area contributed by atoms with Crippen molar-refractivity contribution in [2.24, 2.45) is 15.9 Å². The van der Waals surface area contributed by atoms with Crippen LogP contribution < -0.4 is 5.73 Å². The van der Waals surface area contributed by atoms with Gasteiger partial charge in [0.05, 0.1) is 13.0 Å². The average Bonchev–Trinajstić information content (AvgIpc) is 3.30. The van der Waals surface area contributed by atoms with E-state index < -0.39 is 5.97 Å². The summed E-state index contributed by atoms with van der Waals surface area (Å²) in [5.74, 6) is 0.720. The molecule has 2 saturated heterocycles. The lowest BCUT2D eigenvalue weighted by molar-refractivity contribution is -0.134. The third kappa shape index (κ3) is 8.87. The van der Waals surface area contributed by atoms with Crippen molar-refractivity contribution in [3.05, 3.63) is 34.9 Å². The lowest BCUT2D eigenvalue weighted by Crippen LogP contribution is -2.58. The molecular formula is C25H37ClN6O5. The number of carboxylic acids is 1. The van der Waals surface area contributed by atoms with E-state index in [9.17, 15) is 4.79 Å². The Morgan fingerprint density at radius 1 is 1.22 bits per heavy atom. The van der Waals surface area contributed by atoms with E-state index in [0.717, 1.165) is 56.7 Å². The van der Waals surface area contributed by atoms with Crippen molar-refractivity contribution in [2.75, 3.05) is 46.9 Å². The lowest BCUT2D eigenvalue weighted by atomic mass is 9.96. The van der Waals surface area contributed by atoms with Crippen LogP contribution in [0.2, 0.25) is 5.02 Å². The van der Waals surface area contributed by atoms with Crippen molar-refractivity contribution >= 4 is 35.3 Å². The molecule has 3 heterocycles. The Bertz CT molecular complexity index is 974. The molecule has 1 aromatic carbocycles. The SMILES string of the molecule is CC(=O)O.CN(C)C(=O)OC[C@H]1CN(C2CCN(C3=NN=C(N)C3)CC2)[C@@H](Cc2ccc(Cl)cc2)CO1. The Hall–Kier alpha value is -2.89. The maximum absolute atomic E-state index is 11.9. The molecular weight excluding hydrogens is 500 g/mol. The molecule has 2 atom stereocenters. The van der Waals surface area contributed by atoms with E-state index in [2.05, 4.69) is 32.1 Å². The van der Waals surface area contributed by atoms with Crippen molar-refractivity contribution in [3.8, 4) is 0 Å². The first-order valence-electron chi connectivity index (χ1n) is 12.4. The predicted octanol–water partition coefficient (Wildman–Crippen LogP) is 2.28. The lowest BCUT2D eigenvalue weighted by Gasteiger charge is -2.47. The summed E-state index contributed by atoms with van der Waals surface area (Å²) in [5, 5.41) is 16.4. The summed E-state index contributed by atoms with van der Waals surface area (Å²) in [6, 6.07) is 8.71. The highest BCUT2D eigenvalue weighted by molar-refractivity contribution is 6.30. The molecule has 0 saturated carbocycles. The van der Waals surface area contributed by atoms with Crippen molar-refractivity contribution < 1.29 is 24.2 Å². The summed E-state index contributed by atoms with van der Waals surface area (Å²) < 4.78 is 11.5. The number of rotatable bonds is 5. The minimum absolute atomic E-state index is 0.138. The minimum atomic E-state index is -0.833. The van der Waals surface area contributed by atoms with Gasteiger partial charge < -0.3 is 30.1 Å². The maximum atomic E-state index is 11.9. The number of carboxylic acid groups (broad SMARTS) is 1. The molecule has 0 spiro atoms. The number of nitrogens with two attached hydrogens (primary N) is 1. The van der Waals surface area contributed by atoms with E-state index >= 15 is 0 Å². The van der Waals surface area contributed by atoms with Crippen LogP contribution in [-0.2, 0) is 20.7 Å². The number of amidine groups is 2. The molecule has 0 aromatic heterocycles. The molecule has 0 unspecified atom stereocenters. The first kappa shape index (κ1) is 28.7. The maximum Gasteiger partial charge on any atom is 0.409 e. The van der Waals surface area contributed by atoms with Gasteiger partial charge in [-0.2, -0.15) is 0 Å². The molecule has 3 aliphatic rings. The van der Waals surface area contributed by atoms with Crippen LogP contribution in [0.1, 0.15) is 31.7 Å². The van der Waals surface area contributed by atoms with Crippen molar-refractivity contribution in [1.82, 2.24) is 14.7 Å². The van der Waals surface area contributed by atoms with Gasteiger partial charge in [0.2, 0.25) is 0 Å². The number of hydrogen-bond acceptors (Lipinski definition) is 9. The molecule has 0 radical (unpaired) electrons. The molecule has 0 aliphatic carbocycles. The topological polar surface area (TPSA) is 133 Å². The van der Waals surface area contributed by atoms with Gasteiger partial charge in [0.1, 0.15) is 24.4 Å². The first-order valence-corrected chi connectivity index (χ1v) is 12.8. The standard InChI is InChI=1S/C23H33ClN6O3.C2H4O2/c1-28(2)23(31)33-15-20-13-30(19(14-32-20)11-16-3-5-17(24)6-4-16)18-7-9-29(10-8-18)22-12-21(25)26-27-22;1-2(3)4/h3-6,18-20H,7-15H2,1-2H3,(H2,25,26);1H3,(H,3,4)/t19-,20+;/m0./s1. The van der Waals surface area contributed by atoms with E-state index in [4.69, 9.17) is 36.7 Å². The zero-order valence-electron chi connectivity index (χ0n) is 21.7. The van der Waals surface area contributed by atoms with Crippen LogP contribution >= 0.6 is 11.6 Å². The highest BCUT2D eigenvalue weighted by atomic mass is 35.5. The van der Waals surface area contributed by atoms with Gasteiger partial charge in [0, 0.05) is 57.8 Å². The van der Waals surface area contributed by atoms with Crippen LogP contribution in [0.5, 0.6) is 0 Å². The summed E-state index contributed by atoms with van der Waals surface area (Å²) in [5.41, 5.74) is 7.04. The summed E-state index contributed by atoms with van der Waals surface area (Å²) in [7, 11) is 3.36. The van der Waals surface area contributed by atoms with Gasteiger partial charge in [-0.15, -0.1) is 10.2 Å². The molecule has 0 bridgehead atoms. The third-order valence-electron chi connectivity index (χ3n) is 6.48. The molecule has 1 amide bonds. The molecule has 11 nitrogen and oxygen atoms in total. The second kappa shape index (κ2) is 13.6. The van der Waals surface area contributed by atoms with E-state index in [-0.39, 0.29) is 24.8 Å². The fourth-order valence-corrected chi connectivity index (χ4v) is 4.80. The van der Waals surface area contributed by atoms with Gasteiger partial charge in [-0.05, 0) is 37.0 Å². The normalized spacial score (nSPS) is 22.4. The average molecular weight is 537 g/mol. The molecule has 12 heteroatoms. The number of morpholine rings is 1. The number of hydrogen-bond donors (Lipinski definition) is 2. The fraction of sp³-hybridized carbons (Fsp3) is 0.600. The number of likely N-dealkylation sites (tertiary alicyclic amines) is 1. The second-order valence-electron chi connectivity index (χ2n) is 9.63. The highest BCUT2D eigenvalue weighted by Crippen LogP contribution is 2.26. The number of nitrogens with zero attached hydrogens (tertiary/aromatic N) is 5. The van der Waals surface area contributed by atoms with E-state index in [1.807, 2.05) is 12.1 Å². The monoisotopic (exact) mass is 536 g/mol. The molecule has 204 valence electrons. The van der Waals surface area contributed by atoms with E-state index in [0.29, 0.717) is 24.9 Å². The largest absolute Gasteiger partial charge is 0.481 e. The number of amides is 1. The first-order chi connectivity index (χ1) is 17.6. The van der Waals surface area contributed by atoms with Gasteiger partial charge >= 0.3 is 6.09 Å². The van der Waals surface area contributed by atoms with E-state index in [1.165, 1.54) is 10.5 Å². The smallest absolute Gasteiger partial charge is 0.409 e. The van der Waals surface area contributed by atoms with Gasteiger partial charge in [0.15, 0.2) is 0 Å². The van der Waals surface area contributed by atoms with Crippen molar-refractivity contribution in [1.29, 1.82) is 0 Å². The van der Waals surface area contributed by atoms with Gasteiger partial charge in [-0.25, -0.2) is 4.79 Å². The Morgan fingerprint density at radius 3 is 2.43 bits per heavy atom. The fourth-order valence-electron chi connectivity index (χ4n) is 4.68. The number of piperidine rings is 1. The van der Waals surface area contributed by atoms with Gasteiger partial charge in [-0.3, -0.25) is 9.69 Å². The predicted molar refractivity (Wildman–Crippen MR) is 142 cm³/mol. The zero-order valence-corrected chi connectivity index (χ0v) is 22.4. The Kier molecular flexibility index (Phi) is 10.5. The van der Waals surface area contributed by atoms with Gasteiger partial charge in [-0.1, -0.05) is 23.7 Å². The molecule has 3 aliphatic heterocycles. The summed E-state index contributed by atoms with van der Waals surface area (Å²) >= 11 is 6.07. The van der Waals surface area contributed by atoms with Crippen LogP contribution in [0.4, 0.5) is 4.79 Å². The van der Waals surface area contributed by atoms with Gasteiger partial charge in [0.25, 0.3) is 5.97 Å². The summed E-state index contributed by atoms with van der Waals surface area (Å²) in [6.07, 6.45) is 3.10. The molecule has 37 heavy (non-hydrogen) atoms. The Labute approximate surface area is 222 Å². The Morgan fingerprint density at radius 2 is 1.86 bits per heavy atom. The number of carbonyl (C=O) groups is 2. The Balaban J connectivity index is 0.000000886. The van der Waals surface area contributed by atoms with Crippen molar-refractivity contribution in [2.45, 2.75) is 50.8 Å². The number of aliphatic carboxylic acids is 1. The zero-order chi connectivity index (χ0) is 26.9. The number of benzene rings is 1. The minimum Gasteiger partial charge on any atom is -0.481 e. The highest BCUT2D eigenvalue weighted by Gasteiger charge is 2.36. The van der Waals surface area contributed by atoms with Crippen LogP contribution in [0, 0.1) is 0 Å². The molecule has 3 N–H and O–H groups in total. The molecule has 2 fully saturated rings. The third-order valence-corrected chi connectivity index (χ3v) is 6.73. The molecule has 1 aromatic rings. The number of halogens is 1. The van der Waals surface area contributed by atoms with Crippen LogP contribution in [0.3, 0.4) is 0 Å². The second-order valence-corrected chi connectivity index (χ2v) is 10.1. The van der Waals surface area contributed by atoms with Crippen LogP contribution in [-0.4, -0.2) is 109 Å². The van der Waals surface area contributed by atoms with Crippen LogP contribution in [0.25, 0.3) is 0 Å². The van der Waals surface area contributed by atoms with E-state index in [1.54, 1.807) is 14.1 Å². The number of carbonyl (C=O) groups excluding carboxylic acids is 1.